The van der Waals surface area contributed by atoms with Gasteiger partial charge >= 0.3 is 0 Å². The van der Waals surface area contributed by atoms with Gasteiger partial charge in [0.1, 0.15) is 5.82 Å². The molecule has 100 valence electrons. The van der Waals surface area contributed by atoms with Crippen LogP contribution in [0.3, 0.4) is 0 Å². The Balaban J connectivity index is 2.14. The minimum absolute atomic E-state index is 0.746. The van der Waals surface area contributed by atoms with Crippen LogP contribution >= 0.6 is 11.6 Å². The van der Waals surface area contributed by atoms with Crippen LogP contribution in [0.2, 0.25) is 5.02 Å². The fraction of sp³-hybridized carbons (Fsp3) is 0.643. The summed E-state index contributed by atoms with van der Waals surface area (Å²) in [5.41, 5.74) is 1.13. The molecule has 1 aromatic rings. The van der Waals surface area contributed by atoms with Crippen molar-refractivity contribution in [1.29, 1.82) is 0 Å². The molecule has 1 N–H and O–H groups in total. The van der Waals surface area contributed by atoms with Crippen LogP contribution in [0.4, 0.5) is 5.82 Å². The average molecular weight is 268 g/mol. The second kappa shape index (κ2) is 6.39. The van der Waals surface area contributed by atoms with Gasteiger partial charge < -0.3 is 10.2 Å². The minimum Gasteiger partial charge on any atom is -0.356 e. The molecule has 0 spiro atoms. The predicted octanol–water partition coefficient (Wildman–Crippen LogP) is 3.08. The number of halogens is 1. The zero-order valence-corrected chi connectivity index (χ0v) is 12.0. The Morgan fingerprint density at radius 2 is 2.28 bits per heavy atom. The first-order chi connectivity index (χ1) is 8.74. The first-order valence-electron chi connectivity index (χ1n) is 6.78. The molecule has 0 aliphatic heterocycles. The van der Waals surface area contributed by atoms with Crippen molar-refractivity contribution in [2.24, 2.45) is 5.92 Å². The summed E-state index contributed by atoms with van der Waals surface area (Å²) < 4.78 is 0. The van der Waals surface area contributed by atoms with Gasteiger partial charge in [-0.3, -0.25) is 0 Å². The minimum atomic E-state index is 0.746. The number of nitrogens with one attached hydrogen (secondary N) is 1. The van der Waals surface area contributed by atoms with E-state index in [1.807, 2.05) is 7.05 Å². The van der Waals surface area contributed by atoms with E-state index in [9.17, 15) is 0 Å². The van der Waals surface area contributed by atoms with Crippen LogP contribution in [-0.4, -0.2) is 25.1 Å². The molecular formula is C14H22ClN3. The van der Waals surface area contributed by atoms with Crippen LogP contribution in [0.1, 0.15) is 31.7 Å². The van der Waals surface area contributed by atoms with Crippen LogP contribution < -0.4 is 10.2 Å². The molecule has 0 unspecified atom stereocenters. The SMILES string of the molecule is CCCN(CC1CC1)c1cc(CNC)c(Cl)cn1. The molecule has 0 saturated heterocycles. The Morgan fingerprint density at radius 1 is 1.50 bits per heavy atom. The molecule has 0 radical (unpaired) electrons. The number of hydrogen-bond donors (Lipinski definition) is 1. The number of hydrogen-bond acceptors (Lipinski definition) is 3. The highest BCUT2D eigenvalue weighted by Gasteiger charge is 2.24. The van der Waals surface area contributed by atoms with Crippen molar-refractivity contribution >= 4 is 17.4 Å². The van der Waals surface area contributed by atoms with Crippen LogP contribution in [0.25, 0.3) is 0 Å². The molecular weight excluding hydrogens is 246 g/mol. The van der Waals surface area contributed by atoms with Gasteiger partial charge in [0.15, 0.2) is 0 Å². The number of rotatable bonds is 7. The van der Waals surface area contributed by atoms with Gasteiger partial charge in [-0.2, -0.15) is 0 Å². The Hall–Kier alpha value is -0.800. The number of anilines is 1. The maximum absolute atomic E-state index is 6.15. The number of pyridine rings is 1. The quantitative estimate of drug-likeness (QED) is 0.823. The summed E-state index contributed by atoms with van der Waals surface area (Å²) in [6.45, 7) is 5.22. The Bertz CT molecular complexity index is 391. The lowest BCUT2D eigenvalue weighted by Gasteiger charge is -2.23. The van der Waals surface area contributed by atoms with E-state index in [1.54, 1.807) is 6.20 Å². The van der Waals surface area contributed by atoms with Gasteiger partial charge in [-0.25, -0.2) is 4.98 Å². The third kappa shape index (κ3) is 3.59. The van der Waals surface area contributed by atoms with Gasteiger partial charge in [-0.1, -0.05) is 18.5 Å². The van der Waals surface area contributed by atoms with Gasteiger partial charge in [0.25, 0.3) is 0 Å². The van der Waals surface area contributed by atoms with Crippen molar-refractivity contribution < 1.29 is 0 Å². The standard InChI is InChI=1S/C14H22ClN3/c1-3-6-18(10-11-4-5-11)14-7-12(8-16-2)13(15)9-17-14/h7,9,11,16H,3-6,8,10H2,1-2H3. The molecule has 0 amide bonds. The highest BCUT2D eigenvalue weighted by molar-refractivity contribution is 6.31. The van der Waals surface area contributed by atoms with E-state index in [1.165, 1.54) is 12.8 Å². The largest absolute Gasteiger partial charge is 0.356 e. The molecule has 1 fully saturated rings. The monoisotopic (exact) mass is 267 g/mol. The van der Waals surface area contributed by atoms with Crippen LogP contribution in [0.5, 0.6) is 0 Å². The zero-order valence-electron chi connectivity index (χ0n) is 11.2. The molecule has 2 rings (SSSR count). The molecule has 1 saturated carbocycles. The third-order valence-electron chi connectivity index (χ3n) is 3.28. The highest BCUT2D eigenvalue weighted by atomic mass is 35.5. The normalized spacial score (nSPS) is 14.8. The summed E-state index contributed by atoms with van der Waals surface area (Å²) in [5, 5.41) is 3.89. The lowest BCUT2D eigenvalue weighted by Crippen LogP contribution is -2.27. The Labute approximate surface area is 115 Å². The molecule has 0 aromatic carbocycles. The van der Waals surface area contributed by atoms with Gasteiger partial charge in [0.2, 0.25) is 0 Å². The summed E-state index contributed by atoms with van der Waals surface area (Å²) >= 11 is 6.15. The van der Waals surface area contributed by atoms with Gasteiger partial charge in [-0.15, -0.1) is 0 Å². The number of nitrogens with zero attached hydrogens (tertiary/aromatic N) is 2. The van der Waals surface area contributed by atoms with E-state index in [-0.39, 0.29) is 0 Å². The van der Waals surface area contributed by atoms with Gasteiger partial charge in [0, 0.05) is 25.8 Å². The van der Waals surface area contributed by atoms with E-state index in [4.69, 9.17) is 11.6 Å². The molecule has 0 bridgehead atoms. The molecule has 1 aliphatic rings. The summed E-state index contributed by atoms with van der Waals surface area (Å²) in [5.74, 6) is 1.94. The third-order valence-corrected chi connectivity index (χ3v) is 3.62. The maximum Gasteiger partial charge on any atom is 0.128 e. The Kier molecular flexibility index (Phi) is 4.84. The second-order valence-electron chi connectivity index (χ2n) is 5.05. The van der Waals surface area contributed by atoms with E-state index >= 15 is 0 Å². The van der Waals surface area contributed by atoms with Crippen molar-refractivity contribution in [3.8, 4) is 0 Å². The molecule has 4 heteroatoms. The second-order valence-corrected chi connectivity index (χ2v) is 5.46. The van der Waals surface area contributed by atoms with Crippen LogP contribution in [0.15, 0.2) is 12.3 Å². The van der Waals surface area contributed by atoms with E-state index < -0.39 is 0 Å². The molecule has 1 aromatic heterocycles. The predicted molar refractivity (Wildman–Crippen MR) is 77.2 cm³/mol. The lowest BCUT2D eigenvalue weighted by atomic mass is 10.2. The van der Waals surface area contributed by atoms with E-state index in [2.05, 4.69) is 28.2 Å². The fourth-order valence-electron chi connectivity index (χ4n) is 2.15. The molecule has 1 heterocycles. The fourth-order valence-corrected chi connectivity index (χ4v) is 2.32. The highest BCUT2D eigenvalue weighted by Crippen LogP contribution is 2.31. The maximum atomic E-state index is 6.15. The summed E-state index contributed by atoms with van der Waals surface area (Å²) in [6, 6.07) is 2.12. The van der Waals surface area contributed by atoms with Gasteiger partial charge in [0.05, 0.1) is 5.02 Å². The lowest BCUT2D eigenvalue weighted by molar-refractivity contribution is 0.697. The van der Waals surface area contributed by atoms with Crippen molar-refractivity contribution in [3.63, 3.8) is 0 Å². The van der Waals surface area contributed by atoms with Gasteiger partial charge in [-0.05, 0) is 43.9 Å². The summed E-state index contributed by atoms with van der Waals surface area (Å²) in [7, 11) is 1.93. The van der Waals surface area contributed by atoms with Crippen molar-refractivity contribution in [1.82, 2.24) is 10.3 Å². The van der Waals surface area contributed by atoms with Crippen molar-refractivity contribution in [3.05, 3.63) is 22.8 Å². The van der Waals surface area contributed by atoms with E-state index in [0.29, 0.717) is 0 Å². The van der Waals surface area contributed by atoms with Crippen molar-refractivity contribution in [2.45, 2.75) is 32.7 Å². The number of aromatic nitrogens is 1. The molecule has 1 aliphatic carbocycles. The van der Waals surface area contributed by atoms with Crippen molar-refractivity contribution in [2.75, 3.05) is 25.0 Å². The first-order valence-corrected chi connectivity index (χ1v) is 7.16. The summed E-state index contributed by atoms with van der Waals surface area (Å²) in [6.07, 6.45) is 5.67. The molecule has 3 nitrogen and oxygen atoms in total. The zero-order chi connectivity index (χ0) is 13.0. The molecule has 18 heavy (non-hydrogen) atoms. The van der Waals surface area contributed by atoms with E-state index in [0.717, 1.165) is 48.4 Å². The first kappa shape index (κ1) is 13.6. The smallest absolute Gasteiger partial charge is 0.128 e. The topological polar surface area (TPSA) is 28.2 Å². The Morgan fingerprint density at radius 3 is 2.89 bits per heavy atom. The molecule has 0 atom stereocenters. The average Bonchev–Trinajstić information content (AvgIpc) is 3.16. The summed E-state index contributed by atoms with van der Waals surface area (Å²) in [4.78, 5) is 6.88. The van der Waals surface area contributed by atoms with Crippen LogP contribution in [-0.2, 0) is 6.54 Å². The van der Waals surface area contributed by atoms with Crippen LogP contribution in [0, 0.1) is 5.92 Å².